The Bertz CT molecular complexity index is 746. The molecule has 10 heteroatoms. The molecule has 26 heavy (non-hydrogen) atoms. The van der Waals surface area contributed by atoms with Crippen LogP contribution < -0.4 is 10.6 Å². The van der Waals surface area contributed by atoms with Crippen LogP contribution in [-0.4, -0.2) is 17.5 Å². The first-order valence-electron chi connectivity index (χ1n) is 7.58. The molecule has 0 bridgehead atoms. The topological polar surface area (TPSA) is 49.3 Å². The highest BCUT2D eigenvalue weighted by Crippen LogP contribution is 2.29. The lowest BCUT2D eigenvalue weighted by Crippen LogP contribution is -2.36. The van der Waals surface area contributed by atoms with E-state index in [0.717, 1.165) is 16.7 Å². The summed E-state index contributed by atoms with van der Waals surface area (Å²) in [5.74, 6) is 0.125. The van der Waals surface area contributed by atoms with E-state index in [0.29, 0.717) is 28.6 Å². The van der Waals surface area contributed by atoms with Crippen LogP contribution in [-0.2, 0) is 19.3 Å². The molecule has 0 aliphatic heterocycles. The van der Waals surface area contributed by atoms with Crippen LogP contribution in [0.4, 0.5) is 17.6 Å². The zero-order valence-electron chi connectivity index (χ0n) is 14.2. The number of nitrogens with one attached hydrogen (secondary N) is 2. The van der Waals surface area contributed by atoms with Gasteiger partial charge < -0.3 is 10.6 Å². The molecular formula is C16H19F4IN4S. The third-order valence-corrected chi connectivity index (χ3v) is 4.10. The third-order valence-electron chi connectivity index (χ3n) is 3.25. The van der Waals surface area contributed by atoms with E-state index in [1.807, 2.05) is 6.92 Å². The van der Waals surface area contributed by atoms with E-state index in [1.54, 1.807) is 19.1 Å². The molecule has 0 aliphatic carbocycles. The first-order chi connectivity index (χ1) is 11.8. The van der Waals surface area contributed by atoms with Crippen molar-refractivity contribution in [3.05, 3.63) is 51.2 Å². The molecule has 0 amide bonds. The van der Waals surface area contributed by atoms with Gasteiger partial charge in [-0.25, -0.2) is 14.4 Å². The molecule has 2 aromatic rings. The number of nitrogens with zero attached hydrogens (tertiary/aromatic N) is 2. The van der Waals surface area contributed by atoms with Gasteiger partial charge in [0.15, 0.2) is 11.7 Å². The second-order valence-electron chi connectivity index (χ2n) is 5.26. The van der Waals surface area contributed by atoms with Crippen LogP contribution in [0.2, 0.25) is 0 Å². The van der Waals surface area contributed by atoms with Gasteiger partial charge in [0.05, 0.1) is 13.1 Å². The number of benzene rings is 1. The molecule has 0 unspecified atom stereocenters. The van der Waals surface area contributed by atoms with E-state index in [-0.39, 0.29) is 42.9 Å². The molecule has 2 N–H and O–H groups in total. The van der Waals surface area contributed by atoms with Crippen LogP contribution in [0.15, 0.2) is 28.6 Å². The summed E-state index contributed by atoms with van der Waals surface area (Å²) in [4.78, 5) is 7.86. The molecule has 1 aromatic carbocycles. The average Bonchev–Trinajstić information content (AvgIpc) is 3.02. The van der Waals surface area contributed by atoms with Crippen molar-refractivity contribution in [3.8, 4) is 0 Å². The molecule has 1 heterocycles. The lowest BCUT2D eigenvalue weighted by atomic mass is 10.1. The van der Waals surface area contributed by atoms with Crippen molar-refractivity contribution in [3.63, 3.8) is 0 Å². The molecule has 0 radical (unpaired) electrons. The summed E-state index contributed by atoms with van der Waals surface area (Å²) in [7, 11) is 0. The Balaban J connectivity index is 0.00000338. The molecule has 0 saturated heterocycles. The Labute approximate surface area is 170 Å². The van der Waals surface area contributed by atoms with Crippen LogP contribution in [0.25, 0.3) is 0 Å². The molecule has 0 saturated carbocycles. The van der Waals surface area contributed by atoms with Gasteiger partial charge in [0.25, 0.3) is 0 Å². The normalized spacial score (nSPS) is 11.8. The van der Waals surface area contributed by atoms with Crippen molar-refractivity contribution >= 4 is 41.3 Å². The van der Waals surface area contributed by atoms with Crippen molar-refractivity contribution in [1.29, 1.82) is 0 Å². The second kappa shape index (κ2) is 10.0. The molecule has 0 spiro atoms. The van der Waals surface area contributed by atoms with Crippen LogP contribution in [0.5, 0.6) is 0 Å². The number of rotatable bonds is 5. The third kappa shape index (κ3) is 6.71. The Morgan fingerprint density at radius 2 is 2.00 bits per heavy atom. The van der Waals surface area contributed by atoms with E-state index in [2.05, 4.69) is 20.6 Å². The monoisotopic (exact) mass is 502 g/mol. The van der Waals surface area contributed by atoms with Crippen LogP contribution in [0.3, 0.4) is 0 Å². The van der Waals surface area contributed by atoms with Crippen molar-refractivity contribution in [2.24, 2.45) is 4.99 Å². The number of thiazole rings is 1. The first-order valence-corrected chi connectivity index (χ1v) is 8.46. The van der Waals surface area contributed by atoms with Gasteiger partial charge in [-0.15, -0.1) is 35.3 Å². The number of aryl methyl sites for hydroxylation is 1. The summed E-state index contributed by atoms with van der Waals surface area (Å²) in [5, 5.41) is 7.20. The molecule has 1 aromatic heterocycles. The number of aliphatic imine (C=N–C) groups is 1. The minimum Gasteiger partial charge on any atom is -0.357 e. The van der Waals surface area contributed by atoms with E-state index in [4.69, 9.17) is 0 Å². The minimum absolute atomic E-state index is 0. The Morgan fingerprint density at radius 1 is 1.27 bits per heavy atom. The van der Waals surface area contributed by atoms with E-state index < -0.39 is 11.9 Å². The first kappa shape index (κ1) is 22.6. The molecule has 4 nitrogen and oxygen atoms in total. The molecule has 2 rings (SSSR count). The van der Waals surface area contributed by atoms with Gasteiger partial charge in [0, 0.05) is 11.9 Å². The van der Waals surface area contributed by atoms with Crippen LogP contribution in [0, 0.1) is 12.7 Å². The van der Waals surface area contributed by atoms with Crippen molar-refractivity contribution < 1.29 is 17.6 Å². The Morgan fingerprint density at radius 3 is 2.58 bits per heavy atom. The standard InChI is InChI=1S/C16H18F4N4S.HI/c1-3-21-15(22-7-11-5-4-10(2)12(17)6-11)23-8-14-24-13(9-25-14)16(18,19)20;/h4-6,9H,3,7-8H2,1-2H3,(H2,21,22,23);1H. The Hall–Kier alpha value is -1.43. The fourth-order valence-electron chi connectivity index (χ4n) is 1.93. The van der Waals surface area contributed by atoms with Gasteiger partial charge in [-0.2, -0.15) is 13.2 Å². The van der Waals surface area contributed by atoms with Gasteiger partial charge in [-0.05, 0) is 31.0 Å². The predicted octanol–water partition coefficient (Wildman–Crippen LogP) is 4.48. The van der Waals surface area contributed by atoms with E-state index >= 15 is 0 Å². The summed E-state index contributed by atoms with van der Waals surface area (Å²) in [5.41, 5.74) is 0.363. The number of aromatic nitrogens is 1. The van der Waals surface area contributed by atoms with Gasteiger partial charge in [-0.3, -0.25) is 0 Å². The lowest BCUT2D eigenvalue weighted by molar-refractivity contribution is -0.140. The maximum absolute atomic E-state index is 13.5. The lowest BCUT2D eigenvalue weighted by Gasteiger charge is -2.10. The SMILES string of the molecule is CCNC(=NCc1ccc(C)c(F)c1)NCc1nc(C(F)(F)F)cs1.I. The van der Waals surface area contributed by atoms with Gasteiger partial charge in [0.2, 0.25) is 0 Å². The quantitative estimate of drug-likeness (QED) is 0.275. The van der Waals surface area contributed by atoms with Crippen LogP contribution >= 0.6 is 35.3 Å². The zero-order chi connectivity index (χ0) is 18.4. The highest BCUT2D eigenvalue weighted by Gasteiger charge is 2.33. The van der Waals surface area contributed by atoms with E-state index in [1.165, 1.54) is 6.07 Å². The van der Waals surface area contributed by atoms with Gasteiger partial charge in [0.1, 0.15) is 10.8 Å². The smallest absolute Gasteiger partial charge is 0.357 e. The highest BCUT2D eigenvalue weighted by atomic mass is 127. The molecule has 0 aliphatic rings. The number of hydrogen-bond acceptors (Lipinski definition) is 3. The van der Waals surface area contributed by atoms with Crippen LogP contribution in [0.1, 0.15) is 28.8 Å². The van der Waals surface area contributed by atoms with Crippen molar-refractivity contribution in [2.75, 3.05) is 6.54 Å². The maximum Gasteiger partial charge on any atom is 0.434 e. The summed E-state index contributed by atoms with van der Waals surface area (Å²) in [6.07, 6.45) is -4.44. The molecule has 144 valence electrons. The van der Waals surface area contributed by atoms with Gasteiger partial charge >= 0.3 is 6.18 Å². The zero-order valence-corrected chi connectivity index (χ0v) is 17.3. The fourth-order valence-corrected chi connectivity index (χ4v) is 2.67. The number of guanidine groups is 1. The largest absolute Gasteiger partial charge is 0.434 e. The van der Waals surface area contributed by atoms with E-state index in [9.17, 15) is 17.6 Å². The number of alkyl halides is 3. The predicted molar refractivity (Wildman–Crippen MR) is 105 cm³/mol. The number of halogens is 5. The summed E-state index contributed by atoms with van der Waals surface area (Å²) >= 11 is 0.929. The average molecular weight is 502 g/mol. The summed E-state index contributed by atoms with van der Waals surface area (Å²) < 4.78 is 51.2. The fraction of sp³-hybridized carbons (Fsp3) is 0.375. The summed E-state index contributed by atoms with van der Waals surface area (Å²) in [6, 6.07) is 4.87. The molecular weight excluding hydrogens is 483 g/mol. The van der Waals surface area contributed by atoms with Gasteiger partial charge in [-0.1, -0.05) is 12.1 Å². The summed E-state index contributed by atoms with van der Waals surface area (Å²) in [6.45, 7) is 4.50. The highest BCUT2D eigenvalue weighted by molar-refractivity contribution is 14.0. The molecule has 0 fully saturated rings. The van der Waals surface area contributed by atoms with Crippen molar-refractivity contribution in [1.82, 2.24) is 15.6 Å². The minimum atomic E-state index is -4.44. The molecule has 0 atom stereocenters. The Kier molecular flexibility index (Phi) is 8.74. The second-order valence-corrected chi connectivity index (χ2v) is 6.20. The van der Waals surface area contributed by atoms with Crippen molar-refractivity contribution in [2.45, 2.75) is 33.1 Å². The number of hydrogen-bond donors (Lipinski definition) is 2. The maximum atomic E-state index is 13.5.